The Balaban J connectivity index is 2.46. The van der Waals surface area contributed by atoms with Gasteiger partial charge in [-0.2, -0.15) is 5.26 Å². The summed E-state index contributed by atoms with van der Waals surface area (Å²) in [6, 6.07) is 13.5. The Labute approximate surface area is 138 Å². The first-order valence-electron chi connectivity index (χ1n) is 6.89. The molecule has 3 nitrogen and oxygen atoms in total. The van der Waals surface area contributed by atoms with E-state index in [1.54, 1.807) is 18.2 Å². The number of aromatic hydroxyl groups is 1. The van der Waals surface area contributed by atoms with Crippen molar-refractivity contribution >= 4 is 27.6 Å². The molecule has 2 aromatic carbocycles. The largest absolute Gasteiger partial charge is 0.503 e. The molecule has 0 unspecified atom stereocenters. The van der Waals surface area contributed by atoms with E-state index >= 15 is 0 Å². The van der Waals surface area contributed by atoms with Crippen molar-refractivity contribution in [3.63, 3.8) is 0 Å². The van der Waals surface area contributed by atoms with Crippen LogP contribution in [0.2, 0.25) is 0 Å². The minimum absolute atomic E-state index is 0.0628. The number of aryl methyl sites for hydroxylation is 1. The van der Waals surface area contributed by atoms with Crippen LogP contribution in [0, 0.1) is 18.3 Å². The molecule has 0 saturated carbocycles. The topological polar surface area (TPSA) is 53.2 Å². The van der Waals surface area contributed by atoms with Crippen molar-refractivity contribution in [3.8, 4) is 17.6 Å². The van der Waals surface area contributed by atoms with Gasteiger partial charge in [-0.25, -0.2) is 0 Å². The highest BCUT2D eigenvalue weighted by molar-refractivity contribution is 9.10. The van der Waals surface area contributed by atoms with E-state index in [0.717, 1.165) is 16.7 Å². The van der Waals surface area contributed by atoms with Crippen LogP contribution in [0.1, 0.15) is 23.6 Å². The van der Waals surface area contributed by atoms with Crippen molar-refractivity contribution in [1.82, 2.24) is 0 Å². The fraction of sp³-hybridized carbons (Fsp3) is 0.167. The minimum Gasteiger partial charge on any atom is -0.503 e. The van der Waals surface area contributed by atoms with Crippen LogP contribution in [0.3, 0.4) is 0 Å². The van der Waals surface area contributed by atoms with E-state index in [9.17, 15) is 10.4 Å². The first kappa shape index (κ1) is 16.1. The zero-order chi connectivity index (χ0) is 16.1. The van der Waals surface area contributed by atoms with Gasteiger partial charge >= 0.3 is 0 Å². The maximum atomic E-state index is 9.93. The molecule has 22 heavy (non-hydrogen) atoms. The molecule has 2 rings (SSSR count). The molecule has 0 bridgehead atoms. The zero-order valence-corrected chi connectivity index (χ0v) is 14.0. The van der Waals surface area contributed by atoms with E-state index < -0.39 is 0 Å². The lowest BCUT2D eigenvalue weighted by Crippen LogP contribution is -1.93. The molecule has 0 aliphatic carbocycles. The molecular formula is C18H16BrNO2. The Hall–Kier alpha value is -2.25. The smallest absolute Gasteiger partial charge is 0.172 e. The highest BCUT2D eigenvalue weighted by Gasteiger charge is 2.09. The number of ether oxygens (including phenoxy) is 1. The van der Waals surface area contributed by atoms with Gasteiger partial charge in [0.25, 0.3) is 0 Å². The third-order valence-electron chi connectivity index (χ3n) is 3.14. The summed E-state index contributed by atoms with van der Waals surface area (Å²) in [5.74, 6) is 0.456. The van der Waals surface area contributed by atoms with Crippen LogP contribution >= 0.6 is 15.9 Å². The van der Waals surface area contributed by atoms with Crippen LogP contribution in [-0.4, -0.2) is 11.7 Å². The van der Waals surface area contributed by atoms with Gasteiger partial charge in [0.1, 0.15) is 0 Å². The Morgan fingerprint density at radius 2 is 2.00 bits per heavy atom. The standard InChI is InChI=1S/C18H16BrNO2/c1-3-22-17-10-13(9-16(19)18(17)21)8-15(11-20)14-6-4-12(2)5-7-14/h4-10,21H,3H2,1-2H3/b15-8-. The lowest BCUT2D eigenvalue weighted by Gasteiger charge is -2.09. The fourth-order valence-electron chi connectivity index (χ4n) is 2.02. The number of hydrogen-bond donors (Lipinski definition) is 1. The SMILES string of the molecule is CCOc1cc(/C=C(/C#N)c2ccc(C)cc2)cc(Br)c1O. The average molecular weight is 358 g/mol. The quantitative estimate of drug-likeness (QED) is 0.623. The third kappa shape index (κ3) is 3.69. The monoisotopic (exact) mass is 357 g/mol. The van der Waals surface area contributed by atoms with E-state index in [1.165, 1.54) is 0 Å². The minimum atomic E-state index is 0.0628. The van der Waals surface area contributed by atoms with Crippen LogP contribution < -0.4 is 4.74 Å². The lowest BCUT2D eigenvalue weighted by molar-refractivity contribution is 0.317. The van der Waals surface area contributed by atoms with Gasteiger partial charge in [-0.15, -0.1) is 0 Å². The third-order valence-corrected chi connectivity index (χ3v) is 3.75. The number of halogens is 1. The van der Waals surface area contributed by atoms with E-state index in [0.29, 0.717) is 22.4 Å². The number of phenols is 1. The van der Waals surface area contributed by atoms with Crippen molar-refractivity contribution in [2.75, 3.05) is 6.61 Å². The second kappa shape index (κ2) is 7.15. The number of rotatable bonds is 4. The summed E-state index contributed by atoms with van der Waals surface area (Å²) in [5.41, 5.74) is 3.34. The van der Waals surface area contributed by atoms with Gasteiger partial charge in [-0.3, -0.25) is 0 Å². The molecule has 0 heterocycles. The normalized spacial score (nSPS) is 11.1. The van der Waals surface area contributed by atoms with Crippen molar-refractivity contribution < 1.29 is 9.84 Å². The number of allylic oxidation sites excluding steroid dienone is 1. The number of hydrogen-bond acceptors (Lipinski definition) is 3. The first-order valence-corrected chi connectivity index (χ1v) is 7.68. The summed E-state index contributed by atoms with van der Waals surface area (Å²) in [6.07, 6.45) is 1.78. The van der Waals surface area contributed by atoms with Gasteiger partial charge in [0.15, 0.2) is 11.5 Å². The van der Waals surface area contributed by atoms with Gasteiger partial charge in [0, 0.05) is 0 Å². The van der Waals surface area contributed by atoms with Crippen LogP contribution in [0.5, 0.6) is 11.5 Å². The van der Waals surface area contributed by atoms with Gasteiger partial charge < -0.3 is 9.84 Å². The fourth-order valence-corrected chi connectivity index (χ4v) is 2.48. The molecule has 0 fully saturated rings. The number of phenolic OH excluding ortho intramolecular Hbond substituents is 1. The van der Waals surface area contributed by atoms with E-state index in [4.69, 9.17) is 4.74 Å². The van der Waals surface area contributed by atoms with Gasteiger partial charge in [0.05, 0.1) is 22.7 Å². The molecular weight excluding hydrogens is 342 g/mol. The molecule has 1 N–H and O–H groups in total. The second-order valence-electron chi connectivity index (χ2n) is 4.82. The summed E-state index contributed by atoms with van der Waals surface area (Å²) >= 11 is 3.30. The Morgan fingerprint density at radius 1 is 1.32 bits per heavy atom. The molecule has 0 amide bonds. The molecule has 112 valence electrons. The highest BCUT2D eigenvalue weighted by atomic mass is 79.9. The first-order chi connectivity index (χ1) is 10.5. The number of nitrogens with zero attached hydrogens (tertiary/aromatic N) is 1. The summed E-state index contributed by atoms with van der Waals surface area (Å²) < 4.78 is 5.94. The van der Waals surface area contributed by atoms with Gasteiger partial charge in [-0.1, -0.05) is 29.8 Å². The molecule has 0 aliphatic rings. The van der Waals surface area contributed by atoms with Crippen molar-refractivity contribution in [3.05, 3.63) is 57.6 Å². The van der Waals surface area contributed by atoms with Crippen LogP contribution in [-0.2, 0) is 0 Å². The van der Waals surface area contributed by atoms with Crippen LogP contribution in [0.4, 0.5) is 0 Å². The van der Waals surface area contributed by atoms with E-state index in [1.807, 2.05) is 38.1 Å². The molecule has 4 heteroatoms. The Kier molecular flexibility index (Phi) is 5.24. The summed E-state index contributed by atoms with van der Waals surface area (Å²) in [5, 5.41) is 19.3. The Bertz CT molecular complexity index is 743. The van der Waals surface area contributed by atoms with Gasteiger partial charge in [-0.05, 0) is 59.1 Å². The van der Waals surface area contributed by atoms with Crippen molar-refractivity contribution in [2.24, 2.45) is 0 Å². The van der Waals surface area contributed by atoms with Crippen molar-refractivity contribution in [1.29, 1.82) is 5.26 Å². The Morgan fingerprint density at radius 3 is 2.59 bits per heavy atom. The summed E-state index contributed by atoms with van der Waals surface area (Å²) in [6.45, 7) is 4.31. The van der Waals surface area contributed by atoms with Crippen LogP contribution in [0.15, 0.2) is 40.9 Å². The summed E-state index contributed by atoms with van der Waals surface area (Å²) in [7, 11) is 0. The average Bonchev–Trinajstić information content (AvgIpc) is 2.51. The summed E-state index contributed by atoms with van der Waals surface area (Å²) in [4.78, 5) is 0. The predicted molar refractivity (Wildman–Crippen MR) is 91.6 cm³/mol. The molecule has 0 aliphatic heterocycles. The molecule has 0 radical (unpaired) electrons. The molecule has 0 saturated heterocycles. The van der Waals surface area contributed by atoms with Crippen molar-refractivity contribution in [2.45, 2.75) is 13.8 Å². The zero-order valence-electron chi connectivity index (χ0n) is 12.4. The number of nitriles is 1. The molecule has 0 spiro atoms. The maximum Gasteiger partial charge on any atom is 0.172 e. The molecule has 2 aromatic rings. The highest BCUT2D eigenvalue weighted by Crippen LogP contribution is 2.36. The molecule has 0 aromatic heterocycles. The molecule has 0 atom stereocenters. The number of benzene rings is 2. The van der Waals surface area contributed by atoms with E-state index in [-0.39, 0.29) is 5.75 Å². The second-order valence-corrected chi connectivity index (χ2v) is 5.67. The van der Waals surface area contributed by atoms with E-state index in [2.05, 4.69) is 22.0 Å². The lowest BCUT2D eigenvalue weighted by atomic mass is 10.0. The predicted octanol–water partition coefficient (Wildman–Crippen LogP) is 4.93. The van der Waals surface area contributed by atoms with Crippen LogP contribution in [0.25, 0.3) is 11.6 Å². The maximum absolute atomic E-state index is 9.93. The van der Waals surface area contributed by atoms with Gasteiger partial charge in [0.2, 0.25) is 0 Å².